The zero-order chi connectivity index (χ0) is 6.69. The Labute approximate surface area is 58.6 Å². The Hall–Kier alpha value is -0.200. The highest BCUT2D eigenvalue weighted by molar-refractivity contribution is 8.02. The van der Waals surface area contributed by atoms with Crippen LogP contribution >= 0.6 is 11.8 Å². The number of nitrogens with zero attached hydrogens (tertiary/aromatic N) is 1. The Kier molecular flexibility index (Phi) is 2.38. The molecule has 0 spiro atoms. The van der Waals surface area contributed by atoms with E-state index in [-0.39, 0.29) is 0 Å². The van der Waals surface area contributed by atoms with Gasteiger partial charge in [0.05, 0.1) is 5.88 Å². The minimum absolute atomic E-state index is 0.545. The van der Waals surface area contributed by atoms with E-state index in [0.29, 0.717) is 5.88 Å². The van der Waals surface area contributed by atoms with Crippen LogP contribution in [0.4, 0.5) is 0 Å². The predicted octanol–water partition coefficient (Wildman–Crippen LogP) is -0.0781. The van der Waals surface area contributed by atoms with Gasteiger partial charge in [-0.3, -0.25) is 0 Å². The van der Waals surface area contributed by atoms with Crippen LogP contribution in [0.1, 0.15) is 0 Å². The first-order chi connectivity index (χ1) is 4.29. The molecule has 0 aliphatic carbocycles. The van der Waals surface area contributed by atoms with Gasteiger partial charge in [0.25, 0.3) is 11.0 Å². The molecular weight excluding hydrogens is 162 g/mol. The topological polar surface area (TPSA) is 46.6 Å². The molecule has 9 heavy (non-hydrogen) atoms. The van der Waals surface area contributed by atoms with E-state index >= 15 is 0 Å². The predicted molar refractivity (Wildman–Crippen MR) is 34.8 cm³/mol. The number of hydroxylamine groups is 2. The molecule has 1 rings (SSSR count). The first-order valence-electron chi connectivity index (χ1n) is 2.16. The van der Waals surface area contributed by atoms with Crippen molar-refractivity contribution in [3.63, 3.8) is 0 Å². The Balaban J connectivity index is 2.36. The smallest absolute Gasteiger partial charge is 0.233 e. The van der Waals surface area contributed by atoms with Crippen LogP contribution in [0.15, 0.2) is 11.6 Å². The minimum Gasteiger partial charge on any atom is -0.233 e. The molecule has 0 unspecified atom stereocenters. The van der Waals surface area contributed by atoms with Gasteiger partial charge in [0, 0.05) is 6.20 Å². The van der Waals surface area contributed by atoms with Gasteiger partial charge >= 0.3 is 0 Å². The number of hydrogen-bond donors (Lipinski definition) is 1. The Morgan fingerprint density at radius 1 is 1.67 bits per heavy atom. The number of thiol groups is 1. The molecule has 0 aromatic heterocycles. The second-order valence-electron chi connectivity index (χ2n) is 1.30. The summed E-state index contributed by atoms with van der Waals surface area (Å²) < 4.78 is 24.1. The quantitative estimate of drug-likeness (QED) is 0.583. The second-order valence-corrected chi connectivity index (χ2v) is 2.78. The number of rotatable bonds is 2. The van der Waals surface area contributed by atoms with Crippen molar-refractivity contribution in [3.8, 4) is 0 Å². The molecular formula is C3H5NO3S2. The number of thioether (sulfide) groups is 1. The summed E-state index contributed by atoms with van der Waals surface area (Å²) in [5.74, 6) is 0.545. The van der Waals surface area contributed by atoms with Crippen LogP contribution in [0, 0.1) is 0 Å². The van der Waals surface area contributed by atoms with Crippen molar-refractivity contribution in [1.82, 2.24) is 5.06 Å². The van der Waals surface area contributed by atoms with Crippen molar-refractivity contribution in [2.24, 2.45) is 0 Å². The molecule has 0 atom stereocenters. The van der Waals surface area contributed by atoms with Gasteiger partial charge in [0.2, 0.25) is 0 Å². The van der Waals surface area contributed by atoms with Gasteiger partial charge in [-0.1, -0.05) is 0 Å². The van der Waals surface area contributed by atoms with E-state index in [4.69, 9.17) is 0 Å². The first kappa shape index (κ1) is 6.91. The van der Waals surface area contributed by atoms with E-state index in [1.54, 1.807) is 11.6 Å². The summed E-state index contributed by atoms with van der Waals surface area (Å²) in [6.07, 6.45) is 1.57. The Morgan fingerprint density at radius 2 is 2.44 bits per heavy atom. The fourth-order valence-corrected chi connectivity index (χ4v) is 1.36. The van der Waals surface area contributed by atoms with E-state index < -0.39 is 11.0 Å². The standard InChI is InChI=1S/C3H5NO3S2/c5-9(6)7-4-1-2-8-3-4/h1-2,9H,3H2. The maximum atomic E-state index is 9.89. The Bertz CT molecular complexity index is 179. The van der Waals surface area contributed by atoms with Crippen LogP contribution < -0.4 is 0 Å². The molecule has 0 saturated heterocycles. The van der Waals surface area contributed by atoms with Gasteiger partial charge in [-0.25, -0.2) is 13.5 Å². The fourth-order valence-electron chi connectivity index (χ4n) is 0.407. The van der Waals surface area contributed by atoms with Crippen LogP contribution in [0.25, 0.3) is 0 Å². The molecule has 6 heteroatoms. The molecule has 0 aromatic rings. The summed E-state index contributed by atoms with van der Waals surface area (Å²) in [7, 11) is -2.75. The summed E-state index contributed by atoms with van der Waals surface area (Å²) in [6, 6.07) is 0. The Morgan fingerprint density at radius 3 is 2.89 bits per heavy atom. The molecule has 0 radical (unpaired) electrons. The summed E-state index contributed by atoms with van der Waals surface area (Å²) in [5.41, 5.74) is 0. The highest BCUT2D eigenvalue weighted by Gasteiger charge is 2.04. The van der Waals surface area contributed by atoms with Gasteiger partial charge in [0.1, 0.15) is 0 Å². The minimum atomic E-state index is -2.75. The summed E-state index contributed by atoms with van der Waals surface area (Å²) in [6.45, 7) is 0. The van der Waals surface area contributed by atoms with E-state index in [1.165, 1.54) is 16.8 Å². The molecule has 0 saturated carbocycles. The molecule has 1 heterocycles. The maximum absolute atomic E-state index is 9.89. The zero-order valence-corrected chi connectivity index (χ0v) is 6.10. The lowest BCUT2D eigenvalue weighted by molar-refractivity contribution is 0.0320. The van der Waals surface area contributed by atoms with Crippen LogP contribution in [-0.4, -0.2) is 19.4 Å². The molecule has 52 valence electrons. The third kappa shape index (κ3) is 2.25. The van der Waals surface area contributed by atoms with Crippen LogP contribution in [-0.2, 0) is 15.3 Å². The zero-order valence-electron chi connectivity index (χ0n) is 4.39. The molecule has 0 fully saturated rings. The normalized spacial score (nSPS) is 17.7. The third-order valence-corrected chi connectivity index (χ3v) is 1.76. The summed E-state index contributed by atoms with van der Waals surface area (Å²) >= 11 is 1.48. The molecule has 1 aliphatic rings. The van der Waals surface area contributed by atoms with Gasteiger partial charge in [-0.05, 0) is 5.41 Å². The van der Waals surface area contributed by atoms with Crippen molar-refractivity contribution < 1.29 is 12.7 Å². The van der Waals surface area contributed by atoms with E-state index in [1.807, 2.05) is 0 Å². The molecule has 1 aliphatic heterocycles. The summed E-state index contributed by atoms with van der Waals surface area (Å²) in [4.78, 5) is 0. The largest absolute Gasteiger partial charge is 0.278 e. The van der Waals surface area contributed by atoms with Gasteiger partial charge < -0.3 is 0 Å². The highest BCUT2D eigenvalue weighted by atomic mass is 32.2. The molecule has 0 N–H and O–H groups in total. The van der Waals surface area contributed by atoms with Crippen LogP contribution in [0.3, 0.4) is 0 Å². The molecule has 0 bridgehead atoms. The summed E-state index contributed by atoms with van der Waals surface area (Å²) in [5, 5.41) is 3.01. The molecule has 4 nitrogen and oxygen atoms in total. The van der Waals surface area contributed by atoms with Gasteiger partial charge in [-0.15, -0.1) is 11.8 Å². The van der Waals surface area contributed by atoms with E-state index in [2.05, 4.69) is 4.28 Å². The van der Waals surface area contributed by atoms with E-state index in [0.717, 1.165) is 0 Å². The van der Waals surface area contributed by atoms with Crippen molar-refractivity contribution in [1.29, 1.82) is 0 Å². The van der Waals surface area contributed by atoms with Gasteiger partial charge in [-0.2, -0.15) is 4.28 Å². The van der Waals surface area contributed by atoms with Crippen molar-refractivity contribution >= 4 is 22.7 Å². The highest BCUT2D eigenvalue weighted by Crippen LogP contribution is 2.14. The second kappa shape index (κ2) is 3.09. The van der Waals surface area contributed by atoms with Crippen LogP contribution in [0.2, 0.25) is 0 Å². The average molecular weight is 167 g/mol. The van der Waals surface area contributed by atoms with Crippen molar-refractivity contribution in [2.45, 2.75) is 0 Å². The lowest BCUT2D eigenvalue weighted by atomic mass is 11.0. The third-order valence-electron chi connectivity index (χ3n) is 0.697. The SMILES string of the molecule is O=[SH](=O)ON1C=CSC1. The van der Waals surface area contributed by atoms with Crippen molar-refractivity contribution in [3.05, 3.63) is 11.6 Å². The maximum Gasteiger partial charge on any atom is 0.278 e. The average Bonchev–Trinajstić information content (AvgIpc) is 2.15. The fraction of sp³-hybridized carbons (Fsp3) is 0.333. The van der Waals surface area contributed by atoms with E-state index in [9.17, 15) is 8.42 Å². The molecule has 0 aromatic carbocycles. The monoisotopic (exact) mass is 167 g/mol. The van der Waals surface area contributed by atoms with Gasteiger partial charge in [0.15, 0.2) is 0 Å². The first-order valence-corrected chi connectivity index (χ1v) is 4.31. The van der Waals surface area contributed by atoms with Crippen molar-refractivity contribution in [2.75, 3.05) is 5.88 Å². The molecule has 0 amide bonds. The van der Waals surface area contributed by atoms with Crippen LogP contribution in [0.5, 0.6) is 0 Å². The lowest BCUT2D eigenvalue weighted by Crippen LogP contribution is -2.12. The number of hydrogen-bond acceptors (Lipinski definition) is 5. The lowest BCUT2D eigenvalue weighted by Gasteiger charge is -2.06.